The smallest absolute Gasteiger partial charge is 0.135 e. The second-order valence-electron chi connectivity index (χ2n) is 28.5. The fourth-order valence-corrected chi connectivity index (χ4v) is 18.3. The van der Waals surface area contributed by atoms with Crippen LogP contribution in [0.4, 0.5) is 62.6 Å². The number of thiophene rings is 1. The number of hydrogen-bond donors (Lipinski definition) is 0. The van der Waals surface area contributed by atoms with Crippen LogP contribution in [0.15, 0.2) is 405 Å². The van der Waals surface area contributed by atoms with Crippen molar-refractivity contribution in [1.29, 1.82) is 0 Å². The van der Waals surface area contributed by atoms with Gasteiger partial charge in [-0.1, -0.05) is 261 Å². The fraction of sp³-hybridized carbons (Fsp3) is 0.0192. The molecule has 0 saturated heterocycles. The Balaban J connectivity index is 0.000000140. The Morgan fingerprint density at radius 2 is 0.691 bits per heavy atom. The van der Waals surface area contributed by atoms with Crippen LogP contribution in [0.3, 0.4) is 0 Å². The standard InChI is InChI=1S/C52H36N2O.C52H34N2S/c2*1-3-12-35(13-4-1)36-22-26-39(27-23-36)53(41-30-33-51-47(34-41)44-17-8-10-21-50(44)55-51)40-28-24-37(25-29-40)42-31-32-46-43-16-7-9-19-48(43)54(38-14-5-2-6-15-38)49-20-11-18-45(42)52(46)49/h1-10,12-17,19-34H,11,18H2;1-34H. The topological polar surface area (TPSA) is 26.1 Å². The average molecular weight is 1420 g/mol. The summed E-state index contributed by atoms with van der Waals surface area (Å²) in [6, 6.07) is 143. The summed E-state index contributed by atoms with van der Waals surface area (Å²) in [7, 11) is 0. The maximum Gasteiger partial charge on any atom is 0.135 e. The molecule has 3 aliphatic rings. The Kier molecular flexibility index (Phi) is 15.8. The highest BCUT2D eigenvalue weighted by molar-refractivity contribution is 7.25. The number of furan rings is 1. The van der Waals surface area contributed by atoms with Crippen LogP contribution < -0.4 is 19.6 Å². The van der Waals surface area contributed by atoms with Crippen molar-refractivity contribution in [2.24, 2.45) is 0 Å². The van der Waals surface area contributed by atoms with Crippen molar-refractivity contribution < 1.29 is 4.42 Å². The van der Waals surface area contributed by atoms with Crippen LogP contribution >= 0.6 is 11.3 Å². The van der Waals surface area contributed by atoms with Crippen LogP contribution in [0, 0.1) is 0 Å². The Morgan fingerprint density at radius 3 is 1.33 bits per heavy atom. The van der Waals surface area contributed by atoms with Crippen LogP contribution in [0.1, 0.15) is 17.5 Å². The first-order chi connectivity index (χ1) is 54.6. The molecule has 0 atom stereocenters. The second-order valence-corrected chi connectivity index (χ2v) is 29.6. The van der Waals surface area contributed by atoms with Crippen molar-refractivity contribution in [2.45, 2.75) is 12.8 Å². The minimum Gasteiger partial charge on any atom is -0.456 e. The van der Waals surface area contributed by atoms with Gasteiger partial charge in [0.25, 0.3) is 0 Å². The quantitative estimate of drug-likeness (QED) is 0.121. The van der Waals surface area contributed by atoms with E-state index in [2.05, 4.69) is 408 Å². The van der Waals surface area contributed by atoms with E-state index in [9.17, 15) is 0 Å². The van der Waals surface area contributed by atoms with Crippen molar-refractivity contribution in [3.63, 3.8) is 0 Å². The van der Waals surface area contributed by atoms with Gasteiger partial charge in [-0.15, -0.1) is 11.3 Å². The van der Waals surface area contributed by atoms with Crippen molar-refractivity contribution in [3.05, 3.63) is 412 Å². The van der Waals surface area contributed by atoms with Gasteiger partial charge in [0.15, 0.2) is 0 Å². The number of hydrogen-bond acceptors (Lipinski definition) is 6. The fourth-order valence-electron chi connectivity index (χ4n) is 17.2. The van der Waals surface area contributed by atoms with Crippen molar-refractivity contribution in [1.82, 2.24) is 0 Å². The molecule has 17 aromatic carbocycles. The van der Waals surface area contributed by atoms with E-state index in [4.69, 9.17) is 4.42 Å². The number of rotatable bonds is 12. The summed E-state index contributed by atoms with van der Waals surface area (Å²) >= 11 is 1.85. The molecule has 518 valence electrons. The van der Waals surface area contributed by atoms with Gasteiger partial charge in [0.1, 0.15) is 11.2 Å². The van der Waals surface area contributed by atoms with Crippen molar-refractivity contribution in [2.75, 3.05) is 19.6 Å². The van der Waals surface area contributed by atoms with E-state index in [-0.39, 0.29) is 0 Å². The summed E-state index contributed by atoms with van der Waals surface area (Å²) in [5.74, 6) is 0. The summed E-state index contributed by atoms with van der Waals surface area (Å²) in [4.78, 5) is 9.60. The number of allylic oxidation sites excluding steroid dienone is 1. The van der Waals surface area contributed by atoms with Gasteiger partial charge >= 0.3 is 0 Å². The third-order valence-corrected chi connectivity index (χ3v) is 23.4. The highest BCUT2D eigenvalue weighted by atomic mass is 32.1. The van der Waals surface area contributed by atoms with E-state index < -0.39 is 0 Å². The third kappa shape index (κ3) is 11.1. The molecule has 2 aromatic heterocycles. The molecule has 0 bridgehead atoms. The molecule has 1 aliphatic carbocycles. The first-order valence-corrected chi connectivity index (χ1v) is 38.6. The molecule has 0 saturated carbocycles. The van der Waals surface area contributed by atoms with Crippen LogP contribution in [0.25, 0.3) is 125 Å². The monoisotopic (exact) mass is 1420 g/mol. The molecule has 0 radical (unpaired) electrons. The Labute approximate surface area is 643 Å². The Bertz CT molecular complexity index is 6750. The molecule has 6 heteroatoms. The number of benzene rings is 17. The molecule has 2 aliphatic heterocycles. The largest absolute Gasteiger partial charge is 0.456 e. The molecular weight excluding hydrogens is 1350 g/mol. The Morgan fingerprint density at radius 1 is 0.264 bits per heavy atom. The van der Waals surface area contributed by atoms with Crippen LogP contribution in [0.5, 0.6) is 0 Å². The lowest BCUT2D eigenvalue weighted by Crippen LogP contribution is -2.23. The lowest BCUT2D eigenvalue weighted by molar-refractivity contribution is 0.669. The molecule has 19 aromatic rings. The van der Waals surface area contributed by atoms with Gasteiger partial charge in [-0.25, -0.2) is 0 Å². The number of nitrogens with zero attached hydrogens (tertiary/aromatic N) is 4. The van der Waals surface area contributed by atoms with E-state index in [1.165, 1.54) is 137 Å². The molecule has 0 unspecified atom stereocenters. The average Bonchev–Trinajstić information content (AvgIpc) is 1.02. The van der Waals surface area contributed by atoms with Gasteiger partial charge in [-0.3, -0.25) is 0 Å². The molecule has 22 rings (SSSR count). The number of anilines is 11. The molecule has 0 N–H and O–H groups in total. The summed E-state index contributed by atoms with van der Waals surface area (Å²) in [6.45, 7) is 0. The Hall–Kier alpha value is -14.0. The number of para-hydroxylation sites is 5. The summed E-state index contributed by atoms with van der Waals surface area (Å²) in [5, 5.41) is 7.35. The van der Waals surface area contributed by atoms with Gasteiger partial charge in [0.05, 0.1) is 22.8 Å². The van der Waals surface area contributed by atoms with E-state index in [1.54, 1.807) is 0 Å². The molecule has 0 amide bonds. The molecule has 0 fully saturated rings. The van der Waals surface area contributed by atoms with E-state index in [0.29, 0.717) is 0 Å². The summed E-state index contributed by atoms with van der Waals surface area (Å²) in [6.07, 6.45) is 4.44. The zero-order chi connectivity index (χ0) is 72.6. The van der Waals surface area contributed by atoms with Crippen LogP contribution in [-0.4, -0.2) is 0 Å². The van der Waals surface area contributed by atoms with Gasteiger partial charge in [0.2, 0.25) is 0 Å². The normalized spacial score (nSPS) is 12.5. The summed E-state index contributed by atoms with van der Waals surface area (Å²) in [5.41, 5.74) is 33.4. The maximum absolute atomic E-state index is 6.23. The predicted octanol–water partition coefficient (Wildman–Crippen LogP) is 30.0. The zero-order valence-corrected chi connectivity index (χ0v) is 60.9. The first-order valence-electron chi connectivity index (χ1n) is 37.8. The molecular formula is C104H70N4OS. The molecule has 4 heterocycles. The van der Waals surface area contributed by atoms with Crippen molar-refractivity contribution >= 4 is 132 Å². The predicted molar refractivity (Wildman–Crippen MR) is 466 cm³/mol. The van der Waals surface area contributed by atoms with Gasteiger partial charge in [-0.2, -0.15) is 0 Å². The van der Waals surface area contributed by atoms with E-state index in [1.807, 2.05) is 23.5 Å². The minimum atomic E-state index is 0.892. The highest BCUT2D eigenvalue weighted by Gasteiger charge is 2.33. The van der Waals surface area contributed by atoms with Crippen molar-refractivity contribution in [3.8, 4) is 66.8 Å². The second kappa shape index (κ2) is 27.1. The SMILES string of the molecule is C1=C2c3c(ccc(-c4ccc(N(c5ccc(-c6ccccc6)cc5)c5ccc6oc7ccccc7c6c5)cc4)c3CC1)-c1ccccc1N2c1ccccc1.c1ccc(-c2ccc(N(c3ccc(-c4ccc5c6c(cccc46)N(c4ccccc4)c4ccccc4-5)cc3)c3ccc4sc5ccccc5c4c3)cc2)cc1. The van der Waals surface area contributed by atoms with Gasteiger partial charge in [0, 0.05) is 98.5 Å². The first kappa shape index (κ1) is 64.4. The highest BCUT2D eigenvalue weighted by Crippen LogP contribution is 2.55. The maximum atomic E-state index is 6.23. The van der Waals surface area contributed by atoms with Gasteiger partial charge < -0.3 is 24.0 Å². The van der Waals surface area contributed by atoms with Gasteiger partial charge in [-0.05, 0) is 219 Å². The zero-order valence-electron chi connectivity index (χ0n) is 60.1. The van der Waals surface area contributed by atoms with E-state index >= 15 is 0 Å². The third-order valence-electron chi connectivity index (χ3n) is 22.3. The van der Waals surface area contributed by atoms with E-state index in [0.717, 1.165) is 74.6 Å². The molecule has 0 spiro atoms. The lowest BCUT2D eigenvalue weighted by Gasteiger charge is -2.38. The van der Waals surface area contributed by atoms with Crippen LogP contribution in [0.2, 0.25) is 0 Å². The summed E-state index contributed by atoms with van der Waals surface area (Å²) < 4.78 is 8.84. The number of fused-ring (bicyclic) bond motifs is 10. The molecule has 5 nitrogen and oxygen atoms in total. The lowest BCUT2D eigenvalue weighted by atomic mass is 9.80. The minimum absolute atomic E-state index is 0.892. The molecule has 110 heavy (non-hydrogen) atoms. The van der Waals surface area contributed by atoms with Crippen LogP contribution in [-0.2, 0) is 6.42 Å².